The number of cyclic esters (lactones) is 1. The van der Waals surface area contributed by atoms with Gasteiger partial charge in [-0.1, -0.05) is 0 Å². The fraction of sp³-hybridized carbons (Fsp3) is 0.353. The highest BCUT2D eigenvalue weighted by Crippen LogP contribution is 2.28. The van der Waals surface area contributed by atoms with Gasteiger partial charge in [0, 0.05) is 11.9 Å². The first-order chi connectivity index (χ1) is 13.5. The van der Waals surface area contributed by atoms with Gasteiger partial charge in [0.25, 0.3) is 0 Å². The lowest BCUT2D eigenvalue weighted by Gasteiger charge is -2.30. The highest BCUT2D eigenvalue weighted by atomic mass is 32.1. The van der Waals surface area contributed by atoms with E-state index < -0.39 is 18.0 Å². The van der Waals surface area contributed by atoms with Crippen molar-refractivity contribution in [1.29, 1.82) is 0 Å². The van der Waals surface area contributed by atoms with Crippen molar-refractivity contribution in [3.8, 4) is 0 Å². The summed E-state index contributed by atoms with van der Waals surface area (Å²) in [6.45, 7) is 1.62. The first kappa shape index (κ1) is 18.4. The van der Waals surface area contributed by atoms with E-state index in [1.165, 1.54) is 22.3 Å². The van der Waals surface area contributed by atoms with Gasteiger partial charge in [0.2, 0.25) is 0 Å². The van der Waals surface area contributed by atoms with Crippen molar-refractivity contribution in [3.05, 3.63) is 35.1 Å². The predicted octanol–water partition coefficient (Wildman–Crippen LogP) is 1.45. The topological polar surface area (TPSA) is 108 Å². The summed E-state index contributed by atoms with van der Waals surface area (Å²) in [6.07, 6.45) is 0.385. The Morgan fingerprint density at radius 2 is 2.25 bits per heavy atom. The summed E-state index contributed by atoms with van der Waals surface area (Å²) in [5.41, 5.74) is 7.24. The van der Waals surface area contributed by atoms with E-state index in [4.69, 9.17) is 15.6 Å². The van der Waals surface area contributed by atoms with Gasteiger partial charge < -0.3 is 20.5 Å². The minimum Gasteiger partial charge on any atom is -0.441 e. The molecule has 1 saturated heterocycles. The average Bonchev–Trinajstić information content (AvgIpc) is 3.27. The standard InChI is InChI=1S/C17H19FN6O3S/c18-14-5-12(24-7-13(8-25)27-17(24)26)1-2-15(14)22-3-4-23(20-10-22)6-11-9-28-16(19)21-11/h1-2,5,9-10,13,25H,3-4,6-8H2,(H2,19,21). The van der Waals surface area contributed by atoms with Gasteiger partial charge in [-0.15, -0.1) is 11.3 Å². The van der Waals surface area contributed by atoms with Gasteiger partial charge in [0.05, 0.1) is 43.3 Å². The SMILES string of the molecule is Nc1nc(CN2CCN(c3ccc(N4CC(CO)OC4=O)cc3F)C=N2)cs1. The maximum Gasteiger partial charge on any atom is 0.414 e. The number of carbonyl (C=O) groups is 1. The molecule has 0 saturated carbocycles. The predicted molar refractivity (Wildman–Crippen MR) is 104 cm³/mol. The van der Waals surface area contributed by atoms with Gasteiger partial charge in [-0.2, -0.15) is 5.10 Å². The van der Waals surface area contributed by atoms with Gasteiger partial charge in [-0.05, 0) is 18.2 Å². The molecular formula is C17H19FN6O3S. The Morgan fingerprint density at radius 1 is 1.39 bits per heavy atom. The molecule has 0 bridgehead atoms. The number of anilines is 3. The molecule has 1 unspecified atom stereocenters. The van der Waals surface area contributed by atoms with E-state index in [1.807, 2.05) is 10.4 Å². The Labute approximate surface area is 164 Å². The van der Waals surface area contributed by atoms with Gasteiger partial charge in [-0.25, -0.2) is 14.2 Å². The van der Waals surface area contributed by atoms with Crippen molar-refractivity contribution < 1.29 is 19.0 Å². The van der Waals surface area contributed by atoms with Gasteiger partial charge in [0.15, 0.2) is 5.13 Å². The van der Waals surface area contributed by atoms with Crippen molar-refractivity contribution in [1.82, 2.24) is 9.99 Å². The normalized spacial score (nSPS) is 19.4. The average molecular weight is 406 g/mol. The molecule has 2 aliphatic rings. The van der Waals surface area contributed by atoms with E-state index in [0.29, 0.717) is 36.1 Å². The van der Waals surface area contributed by atoms with Gasteiger partial charge in [-0.3, -0.25) is 9.91 Å². The number of carbonyl (C=O) groups excluding carboxylic acids is 1. The molecule has 28 heavy (non-hydrogen) atoms. The smallest absolute Gasteiger partial charge is 0.414 e. The summed E-state index contributed by atoms with van der Waals surface area (Å²) in [5, 5.41) is 17.7. The highest BCUT2D eigenvalue weighted by molar-refractivity contribution is 7.13. The lowest BCUT2D eigenvalue weighted by atomic mass is 10.2. The molecule has 1 aromatic carbocycles. The van der Waals surface area contributed by atoms with Crippen LogP contribution in [0, 0.1) is 5.82 Å². The monoisotopic (exact) mass is 406 g/mol. The Kier molecular flexibility index (Phi) is 5.01. The molecule has 1 atom stereocenters. The number of hydrazone groups is 1. The molecular weight excluding hydrogens is 387 g/mol. The van der Waals surface area contributed by atoms with E-state index >= 15 is 0 Å². The van der Waals surface area contributed by atoms with Crippen LogP contribution in [0.4, 0.5) is 25.7 Å². The summed E-state index contributed by atoms with van der Waals surface area (Å²) in [6, 6.07) is 4.54. The van der Waals surface area contributed by atoms with Crippen molar-refractivity contribution in [2.75, 3.05) is 41.8 Å². The van der Waals surface area contributed by atoms with E-state index in [9.17, 15) is 9.18 Å². The molecule has 4 rings (SSSR count). The number of nitrogen functional groups attached to an aromatic ring is 1. The van der Waals surface area contributed by atoms with Crippen LogP contribution in [-0.2, 0) is 11.3 Å². The first-order valence-corrected chi connectivity index (χ1v) is 9.55. The minimum absolute atomic E-state index is 0.190. The Bertz CT molecular complexity index is 907. The highest BCUT2D eigenvalue weighted by Gasteiger charge is 2.32. The molecule has 2 aliphatic heterocycles. The number of aromatic nitrogens is 1. The van der Waals surface area contributed by atoms with Crippen LogP contribution in [0.5, 0.6) is 0 Å². The summed E-state index contributed by atoms with van der Waals surface area (Å²) in [7, 11) is 0. The molecule has 3 heterocycles. The molecule has 11 heteroatoms. The van der Waals surface area contributed by atoms with E-state index in [0.717, 1.165) is 5.69 Å². The summed E-state index contributed by atoms with van der Waals surface area (Å²) < 4.78 is 19.7. The van der Waals surface area contributed by atoms with Crippen LogP contribution in [0.3, 0.4) is 0 Å². The second kappa shape index (κ2) is 7.60. The maximum absolute atomic E-state index is 14.7. The quantitative estimate of drug-likeness (QED) is 0.774. The summed E-state index contributed by atoms with van der Waals surface area (Å²) >= 11 is 1.38. The summed E-state index contributed by atoms with van der Waals surface area (Å²) in [5.74, 6) is -0.468. The molecule has 0 aliphatic carbocycles. The van der Waals surface area contributed by atoms with E-state index in [1.54, 1.807) is 23.4 Å². The number of amides is 1. The zero-order valence-corrected chi connectivity index (χ0v) is 15.7. The molecule has 1 aromatic heterocycles. The number of nitrogens with zero attached hydrogens (tertiary/aromatic N) is 5. The molecule has 148 valence electrons. The third kappa shape index (κ3) is 3.71. The number of rotatable bonds is 5. The zero-order valence-electron chi connectivity index (χ0n) is 14.9. The lowest BCUT2D eigenvalue weighted by Crippen LogP contribution is -2.38. The number of ether oxygens (including phenoxy) is 1. The Morgan fingerprint density at radius 3 is 2.86 bits per heavy atom. The van der Waals surface area contributed by atoms with Gasteiger partial charge in [0.1, 0.15) is 18.3 Å². The Hall–Kier alpha value is -2.92. The summed E-state index contributed by atoms with van der Waals surface area (Å²) in [4.78, 5) is 19.1. The number of halogens is 1. The zero-order chi connectivity index (χ0) is 19.7. The van der Waals surface area contributed by atoms with E-state index in [-0.39, 0.29) is 13.2 Å². The largest absolute Gasteiger partial charge is 0.441 e. The second-order valence-electron chi connectivity index (χ2n) is 6.42. The van der Waals surface area contributed by atoms with Crippen LogP contribution in [0.1, 0.15) is 5.69 Å². The van der Waals surface area contributed by atoms with Crippen molar-refractivity contribution in [3.63, 3.8) is 0 Å². The number of nitrogens with two attached hydrogens (primary N) is 1. The van der Waals surface area contributed by atoms with Crippen LogP contribution in [0.25, 0.3) is 0 Å². The van der Waals surface area contributed by atoms with Crippen molar-refractivity contribution in [2.45, 2.75) is 12.6 Å². The number of aliphatic hydroxyl groups is 1. The number of hydrogen-bond donors (Lipinski definition) is 2. The molecule has 2 aromatic rings. The first-order valence-electron chi connectivity index (χ1n) is 8.67. The molecule has 3 N–H and O–H groups in total. The second-order valence-corrected chi connectivity index (χ2v) is 7.31. The van der Waals surface area contributed by atoms with Crippen molar-refractivity contribution in [2.24, 2.45) is 5.10 Å². The fourth-order valence-corrected chi connectivity index (χ4v) is 3.64. The number of aliphatic hydroxyl groups excluding tert-OH is 1. The third-order valence-corrected chi connectivity index (χ3v) is 5.22. The van der Waals surface area contributed by atoms with Crippen LogP contribution in [0.2, 0.25) is 0 Å². The third-order valence-electron chi connectivity index (χ3n) is 4.50. The molecule has 1 amide bonds. The van der Waals surface area contributed by atoms with Crippen LogP contribution in [-0.4, -0.2) is 59.9 Å². The molecule has 0 radical (unpaired) electrons. The molecule has 0 spiro atoms. The van der Waals surface area contributed by atoms with E-state index in [2.05, 4.69) is 10.1 Å². The minimum atomic E-state index is -0.594. The van der Waals surface area contributed by atoms with Crippen LogP contribution in [0.15, 0.2) is 28.7 Å². The van der Waals surface area contributed by atoms with Crippen LogP contribution < -0.4 is 15.5 Å². The fourth-order valence-electron chi connectivity index (χ4n) is 3.08. The number of hydrogen-bond acceptors (Lipinski definition) is 9. The lowest BCUT2D eigenvalue weighted by molar-refractivity contribution is 0.0963. The number of benzene rings is 1. The molecule has 9 nitrogen and oxygen atoms in total. The van der Waals surface area contributed by atoms with Gasteiger partial charge >= 0.3 is 6.09 Å². The van der Waals surface area contributed by atoms with Crippen LogP contribution >= 0.6 is 11.3 Å². The number of thiazole rings is 1. The molecule has 1 fully saturated rings. The Balaban J connectivity index is 1.44. The van der Waals surface area contributed by atoms with Crippen molar-refractivity contribution >= 4 is 40.3 Å². The maximum atomic E-state index is 14.7.